The predicted octanol–water partition coefficient (Wildman–Crippen LogP) is -1.64. The molecule has 0 radical (unpaired) electrons. The third-order valence-corrected chi connectivity index (χ3v) is 6.45. The molecule has 0 saturated heterocycles. The summed E-state index contributed by atoms with van der Waals surface area (Å²) in [7, 11) is -15.8. The third-order valence-electron chi connectivity index (χ3n) is 1.44. The molecule has 1 atom stereocenters. The highest BCUT2D eigenvalue weighted by Gasteiger charge is 2.46. The van der Waals surface area contributed by atoms with Gasteiger partial charge in [0.1, 0.15) is 5.25 Å². The Morgan fingerprint density at radius 2 is 1.00 bits per heavy atom. The second-order valence-corrected chi connectivity index (χ2v) is 7.77. The van der Waals surface area contributed by atoms with Crippen molar-refractivity contribution in [2.24, 2.45) is 0 Å². The first-order valence-corrected chi connectivity index (χ1v) is 7.68. The van der Waals surface area contributed by atoms with Gasteiger partial charge < -0.3 is 0 Å². The molecule has 1 unspecified atom stereocenters. The van der Waals surface area contributed by atoms with Gasteiger partial charge in [-0.1, -0.05) is 0 Å². The second kappa shape index (κ2) is 3.95. The van der Waals surface area contributed by atoms with Crippen LogP contribution in [0.15, 0.2) is 0 Å². The molecule has 0 aliphatic carbocycles. The van der Waals surface area contributed by atoms with Crippen LogP contribution in [-0.4, -0.2) is 48.7 Å². The van der Waals surface area contributed by atoms with E-state index in [0.29, 0.717) is 6.92 Å². The molecule has 9 nitrogen and oxygen atoms in total. The van der Waals surface area contributed by atoms with E-state index in [1.807, 2.05) is 0 Å². The molecule has 0 aromatic carbocycles. The molecule has 0 heterocycles. The lowest BCUT2D eigenvalue weighted by Gasteiger charge is -2.15. The quantitative estimate of drug-likeness (QED) is 0.514. The first-order valence-electron chi connectivity index (χ1n) is 3.17. The standard InChI is InChI=1S/C3H8O9S3/c1-2(13(4,5)6)3(14(7,8)9)15(10,11)12/h2-3H,1H3,(H,4,5,6)(H,7,8,9)(H,10,11,12). The van der Waals surface area contributed by atoms with Crippen LogP contribution in [0.3, 0.4) is 0 Å². The van der Waals surface area contributed by atoms with Crippen LogP contribution >= 0.6 is 0 Å². The van der Waals surface area contributed by atoms with Crippen molar-refractivity contribution in [1.29, 1.82) is 0 Å². The normalized spacial score (nSPS) is 16.6. The second-order valence-electron chi connectivity index (χ2n) is 2.62. The molecule has 92 valence electrons. The Hall–Kier alpha value is -0.270. The minimum Gasteiger partial charge on any atom is -0.285 e. The van der Waals surface area contributed by atoms with Gasteiger partial charge in [0.2, 0.25) is 4.58 Å². The minimum absolute atomic E-state index is 0.502. The van der Waals surface area contributed by atoms with Gasteiger partial charge in [0.25, 0.3) is 30.4 Å². The van der Waals surface area contributed by atoms with E-state index < -0.39 is 40.2 Å². The zero-order valence-electron chi connectivity index (χ0n) is 7.17. The summed E-state index contributed by atoms with van der Waals surface area (Å²) in [4.78, 5) is 0. The Morgan fingerprint density at radius 1 is 0.733 bits per heavy atom. The van der Waals surface area contributed by atoms with Crippen molar-refractivity contribution in [3.63, 3.8) is 0 Å². The Bertz CT molecular complexity index is 489. The van der Waals surface area contributed by atoms with Gasteiger partial charge in [-0.2, -0.15) is 25.3 Å². The van der Waals surface area contributed by atoms with Crippen LogP contribution in [0.25, 0.3) is 0 Å². The average molecular weight is 284 g/mol. The van der Waals surface area contributed by atoms with Crippen LogP contribution in [0.4, 0.5) is 0 Å². The van der Waals surface area contributed by atoms with Crippen molar-refractivity contribution in [2.45, 2.75) is 16.8 Å². The van der Waals surface area contributed by atoms with E-state index in [9.17, 15) is 25.3 Å². The van der Waals surface area contributed by atoms with Gasteiger partial charge in [-0.05, 0) is 6.92 Å². The van der Waals surface area contributed by atoms with Gasteiger partial charge in [0, 0.05) is 0 Å². The van der Waals surface area contributed by atoms with E-state index in [-0.39, 0.29) is 0 Å². The monoisotopic (exact) mass is 284 g/mol. The fourth-order valence-corrected chi connectivity index (χ4v) is 4.94. The summed E-state index contributed by atoms with van der Waals surface area (Å²) >= 11 is 0. The predicted molar refractivity (Wildman–Crippen MR) is 47.9 cm³/mol. The summed E-state index contributed by atoms with van der Waals surface area (Å²) in [5.74, 6) is 0. The van der Waals surface area contributed by atoms with E-state index in [1.54, 1.807) is 0 Å². The Kier molecular flexibility index (Phi) is 3.88. The lowest BCUT2D eigenvalue weighted by atomic mass is 10.5. The zero-order chi connectivity index (χ0) is 12.7. The maximum atomic E-state index is 10.5. The van der Waals surface area contributed by atoms with Crippen LogP contribution in [0.5, 0.6) is 0 Å². The highest BCUT2D eigenvalue weighted by atomic mass is 32.3. The molecule has 0 aromatic rings. The van der Waals surface area contributed by atoms with E-state index in [0.717, 1.165) is 0 Å². The fourth-order valence-electron chi connectivity index (χ4n) is 0.778. The molecule has 15 heavy (non-hydrogen) atoms. The first-order chi connectivity index (χ1) is 6.28. The lowest BCUT2D eigenvalue weighted by Crippen LogP contribution is -2.42. The smallest absolute Gasteiger partial charge is 0.285 e. The number of rotatable bonds is 4. The maximum Gasteiger partial charge on any atom is 0.286 e. The summed E-state index contributed by atoms with van der Waals surface area (Å²) in [6.07, 6.45) is 0. The van der Waals surface area contributed by atoms with Crippen molar-refractivity contribution in [2.75, 3.05) is 0 Å². The van der Waals surface area contributed by atoms with Gasteiger partial charge >= 0.3 is 0 Å². The van der Waals surface area contributed by atoms with Gasteiger partial charge in [-0.15, -0.1) is 0 Å². The summed E-state index contributed by atoms with van der Waals surface area (Å²) in [6, 6.07) is 0. The molecule has 0 rings (SSSR count). The zero-order valence-corrected chi connectivity index (χ0v) is 9.62. The first kappa shape index (κ1) is 14.7. The molecule has 12 heteroatoms. The molecule has 0 aromatic heterocycles. The van der Waals surface area contributed by atoms with Crippen LogP contribution in [-0.2, 0) is 30.4 Å². The van der Waals surface area contributed by atoms with Crippen molar-refractivity contribution in [3.8, 4) is 0 Å². The van der Waals surface area contributed by atoms with Crippen molar-refractivity contribution >= 4 is 30.4 Å². The Balaban J connectivity index is 5.79. The maximum absolute atomic E-state index is 10.5. The van der Waals surface area contributed by atoms with Crippen molar-refractivity contribution in [1.82, 2.24) is 0 Å². The van der Waals surface area contributed by atoms with Gasteiger partial charge in [-0.3, -0.25) is 13.7 Å². The van der Waals surface area contributed by atoms with Gasteiger partial charge in [0.05, 0.1) is 0 Å². The molecule has 3 N–H and O–H groups in total. The average Bonchev–Trinajstić information content (AvgIpc) is 1.76. The molecule has 0 aliphatic heterocycles. The van der Waals surface area contributed by atoms with Gasteiger partial charge in [-0.25, -0.2) is 0 Å². The van der Waals surface area contributed by atoms with Crippen LogP contribution in [0.2, 0.25) is 0 Å². The highest BCUT2D eigenvalue weighted by molar-refractivity contribution is 8.05. The SMILES string of the molecule is CC(C(S(=O)(=O)O)S(=O)(=O)O)S(=O)(=O)O. The molecule has 0 bridgehead atoms. The summed E-state index contributed by atoms with van der Waals surface area (Å²) < 4.78 is 85.1. The van der Waals surface area contributed by atoms with E-state index in [4.69, 9.17) is 13.7 Å². The molecule has 0 amide bonds. The largest absolute Gasteiger partial charge is 0.286 e. The fraction of sp³-hybridized carbons (Fsp3) is 1.00. The highest BCUT2D eigenvalue weighted by Crippen LogP contribution is 2.17. The van der Waals surface area contributed by atoms with Crippen molar-refractivity contribution in [3.05, 3.63) is 0 Å². The number of hydrogen-bond donors (Lipinski definition) is 3. The Labute approximate surface area is 86.4 Å². The molecule has 0 fully saturated rings. The molecular weight excluding hydrogens is 276 g/mol. The van der Waals surface area contributed by atoms with E-state index in [1.165, 1.54) is 0 Å². The summed E-state index contributed by atoms with van der Waals surface area (Å²) in [6.45, 7) is 0.502. The summed E-state index contributed by atoms with van der Waals surface area (Å²) in [5, 5.41) is -2.41. The molecule has 0 spiro atoms. The Morgan fingerprint density at radius 3 is 1.07 bits per heavy atom. The third kappa shape index (κ3) is 4.00. The molecule has 0 saturated carbocycles. The van der Waals surface area contributed by atoms with Gasteiger partial charge in [0.15, 0.2) is 0 Å². The van der Waals surface area contributed by atoms with E-state index in [2.05, 4.69) is 0 Å². The molecule has 0 aliphatic rings. The van der Waals surface area contributed by atoms with Crippen LogP contribution in [0.1, 0.15) is 6.92 Å². The topological polar surface area (TPSA) is 163 Å². The van der Waals surface area contributed by atoms with Crippen LogP contribution in [0, 0.1) is 0 Å². The van der Waals surface area contributed by atoms with Crippen LogP contribution < -0.4 is 0 Å². The number of hydrogen-bond acceptors (Lipinski definition) is 6. The minimum atomic E-state index is -5.38. The lowest BCUT2D eigenvalue weighted by molar-refractivity contribution is 0.436. The summed E-state index contributed by atoms with van der Waals surface area (Å²) in [5.41, 5.74) is 0. The molecular formula is C3H8O9S3. The van der Waals surface area contributed by atoms with Crippen molar-refractivity contribution < 1.29 is 38.9 Å². The van der Waals surface area contributed by atoms with E-state index >= 15 is 0 Å².